The predicted molar refractivity (Wildman–Crippen MR) is 64.4 cm³/mol. The first-order chi connectivity index (χ1) is 8.97. The Balaban J connectivity index is 3.08. The van der Waals surface area contributed by atoms with Crippen LogP contribution >= 0.6 is 0 Å². The van der Waals surface area contributed by atoms with Gasteiger partial charge < -0.3 is 14.2 Å². The number of carbonyl (C=O) groups is 2. The van der Waals surface area contributed by atoms with Crippen LogP contribution in [0, 0.1) is 11.3 Å². The Morgan fingerprint density at radius 1 is 1.21 bits per heavy atom. The smallest absolute Gasteiger partial charge is 0.308 e. The standard InChI is InChI=1S/C13H13NO5/c1-8(15)18-11-5-4-10(6-12(11)17-3)13(7-14)19-9(2)16/h4-6,13H,1-3H3/t13-/m0/s1. The maximum Gasteiger partial charge on any atom is 0.308 e. The number of hydrogen-bond acceptors (Lipinski definition) is 6. The highest BCUT2D eigenvalue weighted by Gasteiger charge is 2.17. The zero-order valence-corrected chi connectivity index (χ0v) is 10.8. The zero-order chi connectivity index (χ0) is 14.4. The van der Waals surface area contributed by atoms with Gasteiger partial charge in [0.25, 0.3) is 0 Å². The Bertz CT molecular complexity index is 532. The Morgan fingerprint density at radius 2 is 1.89 bits per heavy atom. The fraction of sp³-hybridized carbons (Fsp3) is 0.308. The Kier molecular flexibility index (Phi) is 4.89. The SMILES string of the molecule is COc1cc([C@H](C#N)OC(C)=O)ccc1OC(C)=O. The lowest BCUT2D eigenvalue weighted by Gasteiger charge is -2.13. The first-order valence-corrected chi connectivity index (χ1v) is 5.41. The average molecular weight is 263 g/mol. The van der Waals surface area contributed by atoms with Crippen LogP contribution in [0.2, 0.25) is 0 Å². The van der Waals surface area contributed by atoms with Crippen LogP contribution in [0.3, 0.4) is 0 Å². The predicted octanol–water partition coefficient (Wildman–Crippen LogP) is 1.75. The van der Waals surface area contributed by atoms with Crippen LogP contribution in [0.25, 0.3) is 0 Å². The summed E-state index contributed by atoms with van der Waals surface area (Å²) in [5.74, 6) is -0.532. The molecule has 1 rings (SSSR count). The van der Waals surface area contributed by atoms with Gasteiger partial charge in [-0.2, -0.15) is 5.26 Å². The summed E-state index contributed by atoms with van der Waals surface area (Å²) in [6.45, 7) is 2.49. The van der Waals surface area contributed by atoms with Gasteiger partial charge in [-0.3, -0.25) is 9.59 Å². The first kappa shape index (κ1) is 14.5. The summed E-state index contributed by atoms with van der Waals surface area (Å²) in [4.78, 5) is 21.8. The average Bonchev–Trinajstić information content (AvgIpc) is 2.35. The molecule has 0 aromatic heterocycles. The number of methoxy groups -OCH3 is 1. The van der Waals surface area contributed by atoms with Gasteiger partial charge in [0.1, 0.15) is 6.07 Å². The molecule has 0 fully saturated rings. The van der Waals surface area contributed by atoms with E-state index >= 15 is 0 Å². The number of hydrogen-bond donors (Lipinski definition) is 0. The number of nitrogens with zero attached hydrogens (tertiary/aromatic N) is 1. The zero-order valence-electron chi connectivity index (χ0n) is 10.8. The lowest BCUT2D eigenvalue weighted by Crippen LogP contribution is -2.08. The lowest BCUT2D eigenvalue weighted by atomic mass is 10.1. The Hall–Kier alpha value is -2.55. The minimum absolute atomic E-state index is 0.235. The highest BCUT2D eigenvalue weighted by molar-refractivity contribution is 5.70. The van der Waals surface area contributed by atoms with Crippen molar-refractivity contribution in [2.45, 2.75) is 20.0 Å². The molecule has 100 valence electrons. The molecule has 0 heterocycles. The minimum atomic E-state index is -1.03. The van der Waals surface area contributed by atoms with Crippen LogP contribution in [-0.2, 0) is 14.3 Å². The van der Waals surface area contributed by atoms with Gasteiger partial charge in [-0.1, -0.05) is 6.07 Å². The van der Waals surface area contributed by atoms with Crippen LogP contribution in [0.1, 0.15) is 25.5 Å². The first-order valence-electron chi connectivity index (χ1n) is 5.41. The van der Waals surface area contributed by atoms with E-state index in [1.165, 1.54) is 39.2 Å². The molecule has 1 atom stereocenters. The third-order valence-corrected chi connectivity index (χ3v) is 2.15. The minimum Gasteiger partial charge on any atom is -0.493 e. The Morgan fingerprint density at radius 3 is 2.37 bits per heavy atom. The molecule has 0 amide bonds. The maximum absolute atomic E-state index is 10.9. The molecule has 1 aromatic rings. The number of benzene rings is 1. The molecule has 0 bridgehead atoms. The van der Waals surface area contributed by atoms with Crippen LogP contribution in [0.15, 0.2) is 18.2 Å². The summed E-state index contributed by atoms with van der Waals surface area (Å²) in [7, 11) is 1.40. The van der Waals surface area contributed by atoms with E-state index in [0.29, 0.717) is 5.56 Å². The fourth-order valence-electron chi connectivity index (χ4n) is 1.42. The molecule has 0 N–H and O–H groups in total. The van der Waals surface area contributed by atoms with E-state index in [0.717, 1.165) is 0 Å². The summed E-state index contributed by atoms with van der Waals surface area (Å²) < 4.78 is 14.8. The van der Waals surface area contributed by atoms with E-state index in [2.05, 4.69) is 0 Å². The third-order valence-electron chi connectivity index (χ3n) is 2.15. The topological polar surface area (TPSA) is 85.6 Å². The summed E-state index contributed by atoms with van der Waals surface area (Å²) in [6, 6.07) is 6.34. The molecule has 0 aliphatic heterocycles. The van der Waals surface area contributed by atoms with Crippen molar-refractivity contribution in [2.75, 3.05) is 7.11 Å². The van der Waals surface area contributed by atoms with Crippen molar-refractivity contribution < 1.29 is 23.8 Å². The fourth-order valence-corrected chi connectivity index (χ4v) is 1.42. The number of carbonyl (C=O) groups excluding carboxylic acids is 2. The largest absolute Gasteiger partial charge is 0.493 e. The molecule has 6 nitrogen and oxygen atoms in total. The van der Waals surface area contributed by atoms with Gasteiger partial charge in [-0.05, 0) is 12.1 Å². The van der Waals surface area contributed by atoms with E-state index in [-0.39, 0.29) is 11.5 Å². The lowest BCUT2D eigenvalue weighted by molar-refractivity contribution is -0.144. The van der Waals surface area contributed by atoms with E-state index in [1.807, 2.05) is 6.07 Å². The van der Waals surface area contributed by atoms with E-state index in [1.54, 1.807) is 0 Å². The van der Waals surface area contributed by atoms with Gasteiger partial charge in [0.15, 0.2) is 11.5 Å². The van der Waals surface area contributed by atoms with Crippen molar-refractivity contribution >= 4 is 11.9 Å². The van der Waals surface area contributed by atoms with Crippen molar-refractivity contribution in [1.29, 1.82) is 5.26 Å². The van der Waals surface area contributed by atoms with Gasteiger partial charge in [0, 0.05) is 19.4 Å². The molecule has 0 unspecified atom stereocenters. The van der Waals surface area contributed by atoms with Crippen LogP contribution < -0.4 is 9.47 Å². The summed E-state index contributed by atoms with van der Waals surface area (Å²) in [5, 5.41) is 8.95. The van der Waals surface area contributed by atoms with Crippen molar-refractivity contribution in [3.63, 3.8) is 0 Å². The van der Waals surface area contributed by atoms with Crippen molar-refractivity contribution in [2.24, 2.45) is 0 Å². The van der Waals surface area contributed by atoms with Crippen molar-refractivity contribution in [3.8, 4) is 17.6 Å². The highest BCUT2D eigenvalue weighted by Crippen LogP contribution is 2.31. The molecule has 0 radical (unpaired) electrons. The molecule has 0 saturated carbocycles. The van der Waals surface area contributed by atoms with E-state index in [4.69, 9.17) is 19.5 Å². The third kappa shape index (κ3) is 4.00. The molecule has 1 aromatic carbocycles. The second-order valence-corrected chi connectivity index (χ2v) is 3.62. The molecule has 0 aliphatic rings. The molecule has 0 aliphatic carbocycles. The molecule has 0 spiro atoms. The van der Waals surface area contributed by atoms with Gasteiger partial charge >= 0.3 is 11.9 Å². The molecule has 0 saturated heterocycles. The van der Waals surface area contributed by atoms with Gasteiger partial charge in [-0.15, -0.1) is 0 Å². The summed E-state index contributed by atoms with van der Waals surface area (Å²) in [6.07, 6.45) is -1.03. The highest BCUT2D eigenvalue weighted by atomic mass is 16.6. The van der Waals surface area contributed by atoms with Gasteiger partial charge in [0.2, 0.25) is 6.10 Å². The maximum atomic E-state index is 10.9. The van der Waals surface area contributed by atoms with Crippen LogP contribution in [0.5, 0.6) is 11.5 Å². The van der Waals surface area contributed by atoms with Crippen LogP contribution in [0.4, 0.5) is 0 Å². The number of esters is 2. The van der Waals surface area contributed by atoms with Gasteiger partial charge in [-0.25, -0.2) is 0 Å². The molecule has 19 heavy (non-hydrogen) atoms. The normalized spacial score (nSPS) is 11.1. The molecular weight excluding hydrogens is 250 g/mol. The number of ether oxygens (including phenoxy) is 3. The van der Waals surface area contributed by atoms with E-state index < -0.39 is 18.0 Å². The summed E-state index contributed by atoms with van der Waals surface area (Å²) >= 11 is 0. The Labute approximate surface area is 110 Å². The van der Waals surface area contributed by atoms with E-state index in [9.17, 15) is 9.59 Å². The van der Waals surface area contributed by atoms with Crippen molar-refractivity contribution in [3.05, 3.63) is 23.8 Å². The monoisotopic (exact) mass is 263 g/mol. The molecule has 6 heteroatoms. The summed E-state index contributed by atoms with van der Waals surface area (Å²) in [5.41, 5.74) is 0.436. The number of nitriles is 1. The molecular formula is C13H13NO5. The van der Waals surface area contributed by atoms with Crippen LogP contribution in [-0.4, -0.2) is 19.0 Å². The second kappa shape index (κ2) is 6.40. The van der Waals surface area contributed by atoms with Gasteiger partial charge in [0.05, 0.1) is 7.11 Å². The number of rotatable bonds is 4. The quantitative estimate of drug-likeness (QED) is 0.607. The second-order valence-electron chi connectivity index (χ2n) is 3.62. The van der Waals surface area contributed by atoms with Crippen molar-refractivity contribution in [1.82, 2.24) is 0 Å².